The molecule has 1 aromatic heterocycles. The number of anilines is 3. The second-order valence-electron chi connectivity index (χ2n) is 13.7. The smallest absolute Gasteiger partial charge is 0.0467 e. The molecule has 0 aliphatic heterocycles. The van der Waals surface area contributed by atoms with Crippen molar-refractivity contribution in [3.63, 3.8) is 0 Å². The zero-order chi connectivity index (χ0) is 35.8. The molecule has 1 heterocycles. The molecule has 0 saturated carbocycles. The minimum atomic E-state index is 1.11. The fourth-order valence-electron chi connectivity index (χ4n) is 7.81. The fraction of sp³-hybridized carbons (Fsp3) is 0. The lowest BCUT2D eigenvalue weighted by Crippen LogP contribution is -2.10. The summed E-state index contributed by atoms with van der Waals surface area (Å²) >= 11 is 1.87. The maximum absolute atomic E-state index is 2.36. The Hall–Kier alpha value is -6.74. The van der Waals surface area contributed by atoms with Crippen LogP contribution < -0.4 is 4.90 Å². The molecule has 54 heavy (non-hydrogen) atoms. The van der Waals surface area contributed by atoms with Gasteiger partial charge in [0.1, 0.15) is 0 Å². The Kier molecular flexibility index (Phi) is 8.09. The van der Waals surface area contributed by atoms with Crippen molar-refractivity contribution in [2.75, 3.05) is 4.90 Å². The number of hydrogen-bond acceptors (Lipinski definition) is 2. The van der Waals surface area contributed by atoms with Gasteiger partial charge in [0.2, 0.25) is 0 Å². The SMILES string of the molecule is c1ccc(-c2ccc(-c3ccc(N(c4ccc(-c5cccc6c5ccc5sc7ccccc7c56)cc4)c4cccc(-c5ccccc5)c4)cc3)cc2)cc1. The average Bonchev–Trinajstić information content (AvgIpc) is 3.64. The van der Waals surface area contributed by atoms with Crippen molar-refractivity contribution < 1.29 is 0 Å². The average molecular weight is 706 g/mol. The molecule has 2 heteroatoms. The van der Waals surface area contributed by atoms with E-state index in [1.54, 1.807) is 0 Å². The molecule has 0 spiro atoms. The first kappa shape index (κ1) is 32.0. The Labute approximate surface area is 319 Å². The molecule has 0 aliphatic carbocycles. The number of hydrogen-bond donors (Lipinski definition) is 0. The summed E-state index contributed by atoms with van der Waals surface area (Å²) in [6.45, 7) is 0. The van der Waals surface area contributed by atoms with Gasteiger partial charge in [-0.25, -0.2) is 0 Å². The lowest BCUT2D eigenvalue weighted by molar-refractivity contribution is 1.28. The second-order valence-corrected chi connectivity index (χ2v) is 14.8. The Morgan fingerprint density at radius 1 is 0.278 bits per heavy atom. The van der Waals surface area contributed by atoms with E-state index < -0.39 is 0 Å². The highest BCUT2D eigenvalue weighted by Gasteiger charge is 2.16. The highest BCUT2D eigenvalue weighted by molar-refractivity contribution is 7.26. The van der Waals surface area contributed by atoms with Gasteiger partial charge >= 0.3 is 0 Å². The Bertz CT molecular complexity index is 2890. The van der Waals surface area contributed by atoms with Crippen LogP contribution in [0.1, 0.15) is 0 Å². The molecule has 0 bridgehead atoms. The van der Waals surface area contributed by atoms with Crippen molar-refractivity contribution in [2.45, 2.75) is 0 Å². The molecule has 0 unspecified atom stereocenters. The number of benzene rings is 9. The quantitative estimate of drug-likeness (QED) is 0.160. The highest BCUT2D eigenvalue weighted by atomic mass is 32.1. The fourth-order valence-corrected chi connectivity index (χ4v) is 8.94. The number of fused-ring (bicyclic) bond motifs is 5. The summed E-state index contributed by atoms with van der Waals surface area (Å²) in [5.74, 6) is 0. The third-order valence-electron chi connectivity index (χ3n) is 10.5. The largest absolute Gasteiger partial charge is 0.310 e. The van der Waals surface area contributed by atoms with Gasteiger partial charge in [-0.3, -0.25) is 0 Å². The van der Waals surface area contributed by atoms with E-state index in [0.29, 0.717) is 0 Å². The van der Waals surface area contributed by atoms with Gasteiger partial charge in [0.15, 0.2) is 0 Å². The summed E-state index contributed by atoms with van der Waals surface area (Å²) in [5.41, 5.74) is 13.0. The van der Waals surface area contributed by atoms with E-state index in [1.807, 2.05) is 11.3 Å². The van der Waals surface area contributed by atoms with Crippen molar-refractivity contribution in [1.29, 1.82) is 0 Å². The first-order chi connectivity index (χ1) is 26.8. The van der Waals surface area contributed by atoms with Crippen LogP contribution in [0.25, 0.3) is 75.5 Å². The maximum Gasteiger partial charge on any atom is 0.0467 e. The van der Waals surface area contributed by atoms with Crippen LogP contribution >= 0.6 is 11.3 Å². The lowest BCUT2D eigenvalue weighted by atomic mass is 9.95. The normalized spacial score (nSPS) is 11.3. The van der Waals surface area contributed by atoms with Gasteiger partial charge in [-0.1, -0.05) is 164 Å². The Morgan fingerprint density at radius 3 is 1.44 bits per heavy atom. The summed E-state index contributed by atoms with van der Waals surface area (Å²) in [6, 6.07) is 77.0. The monoisotopic (exact) mass is 705 g/mol. The van der Waals surface area contributed by atoms with Gasteiger partial charge in [-0.2, -0.15) is 0 Å². The molecule has 0 fully saturated rings. The van der Waals surface area contributed by atoms with Crippen molar-refractivity contribution in [2.24, 2.45) is 0 Å². The van der Waals surface area contributed by atoms with Crippen LogP contribution in [0, 0.1) is 0 Å². The van der Waals surface area contributed by atoms with Crippen LogP contribution in [0.5, 0.6) is 0 Å². The zero-order valence-electron chi connectivity index (χ0n) is 29.6. The molecule has 10 aromatic rings. The summed E-state index contributed by atoms with van der Waals surface area (Å²) in [4.78, 5) is 2.36. The molecule has 9 aromatic carbocycles. The van der Waals surface area contributed by atoms with E-state index in [9.17, 15) is 0 Å². The molecule has 0 aliphatic rings. The van der Waals surface area contributed by atoms with Crippen molar-refractivity contribution >= 4 is 59.3 Å². The summed E-state index contributed by atoms with van der Waals surface area (Å²) in [5, 5.41) is 5.27. The van der Waals surface area contributed by atoms with Crippen LogP contribution in [0.4, 0.5) is 17.1 Å². The Balaban J connectivity index is 1.04. The van der Waals surface area contributed by atoms with E-state index in [0.717, 1.165) is 17.1 Å². The number of thiophene rings is 1. The predicted molar refractivity (Wildman–Crippen MR) is 233 cm³/mol. The standard InChI is InChI=1S/C52H35NS/c1-3-11-36(12-4-1)38-21-23-39(24-22-38)40-25-29-43(30-26-40)53(45-16-9-15-42(35-45)37-13-5-2-6-14-37)44-31-27-41(28-32-44)46-18-10-19-48-47(46)33-34-51-52(48)49-17-7-8-20-50(49)54-51/h1-35H. The van der Waals surface area contributed by atoms with E-state index in [4.69, 9.17) is 0 Å². The third-order valence-corrected chi connectivity index (χ3v) is 11.6. The van der Waals surface area contributed by atoms with Gasteiger partial charge < -0.3 is 4.90 Å². The van der Waals surface area contributed by atoms with Gasteiger partial charge in [0.25, 0.3) is 0 Å². The maximum atomic E-state index is 2.36. The van der Waals surface area contributed by atoms with Crippen molar-refractivity contribution in [1.82, 2.24) is 0 Å². The number of nitrogens with zero attached hydrogens (tertiary/aromatic N) is 1. The van der Waals surface area contributed by atoms with Crippen LogP contribution in [-0.2, 0) is 0 Å². The highest BCUT2D eigenvalue weighted by Crippen LogP contribution is 2.42. The second kappa shape index (κ2) is 13.7. The summed E-state index contributed by atoms with van der Waals surface area (Å²) < 4.78 is 2.67. The number of rotatable bonds is 7. The molecule has 254 valence electrons. The van der Waals surface area contributed by atoms with Gasteiger partial charge in [-0.15, -0.1) is 11.3 Å². The van der Waals surface area contributed by atoms with Crippen LogP contribution in [0.15, 0.2) is 212 Å². The molecule has 0 amide bonds. The molecule has 0 radical (unpaired) electrons. The first-order valence-electron chi connectivity index (χ1n) is 18.4. The lowest BCUT2D eigenvalue weighted by Gasteiger charge is -2.26. The minimum absolute atomic E-state index is 1.11. The minimum Gasteiger partial charge on any atom is -0.310 e. The van der Waals surface area contributed by atoms with E-state index in [-0.39, 0.29) is 0 Å². The molecular formula is C52H35NS. The molecule has 1 nitrogen and oxygen atoms in total. The first-order valence-corrected chi connectivity index (χ1v) is 19.2. The third kappa shape index (κ3) is 5.84. The molecule has 0 saturated heterocycles. The summed E-state index contributed by atoms with van der Waals surface area (Å²) in [6.07, 6.45) is 0. The molecule has 0 N–H and O–H groups in total. The zero-order valence-corrected chi connectivity index (χ0v) is 30.4. The predicted octanol–water partition coefficient (Wildman–Crippen LogP) is 15.3. The van der Waals surface area contributed by atoms with Gasteiger partial charge in [0.05, 0.1) is 0 Å². The molecular weight excluding hydrogens is 671 g/mol. The van der Waals surface area contributed by atoms with E-state index in [2.05, 4.69) is 217 Å². The van der Waals surface area contributed by atoms with Crippen LogP contribution in [-0.4, -0.2) is 0 Å². The van der Waals surface area contributed by atoms with Gasteiger partial charge in [-0.05, 0) is 104 Å². The molecule has 10 rings (SSSR count). The van der Waals surface area contributed by atoms with E-state index in [1.165, 1.54) is 75.5 Å². The topological polar surface area (TPSA) is 3.24 Å². The van der Waals surface area contributed by atoms with Crippen LogP contribution in [0.3, 0.4) is 0 Å². The van der Waals surface area contributed by atoms with Gasteiger partial charge in [0, 0.05) is 37.2 Å². The van der Waals surface area contributed by atoms with E-state index >= 15 is 0 Å². The van der Waals surface area contributed by atoms with Crippen molar-refractivity contribution in [3.8, 4) is 44.5 Å². The Morgan fingerprint density at radius 2 is 0.778 bits per heavy atom. The van der Waals surface area contributed by atoms with Crippen molar-refractivity contribution in [3.05, 3.63) is 212 Å². The van der Waals surface area contributed by atoms with Crippen LogP contribution in [0.2, 0.25) is 0 Å². The molecule has 0 atom stereocenters. The summed E-state index contributed by atoms with van der Waals surface area (Å²) in [7, 11) is 0.